The summed E-state index contributed by atoms with van der Waals surface area (Å²) in [5.74, 6) is 0.00606. The van der Waals surface area contributed by atoms with Crippen LogP contribution in [-0.4, -0.2) is 29.7 Å². The maximum atomic E-state index is 10.6. The van der Waals surface area contributed by atoms with Crippen molar-refractivity contribution in [1.82, 2.24) is 0 Å². The average molecular weight is 130 g/mol. The van der Waals surface area contributed by atoms with Gasteiger partial charge in [0, 0.05) is 6.42 Å². The summed E-state index contributed by atoms with van der Waals surface area (Å²) in [5, 5.41) is 8.87. The Hall–Kier alpha value is -0.410. The number of aliphatic hydroxyl groups excluding tert-OH is 1. The van der Waals surface area contributed by atoms with Gasteiger partial charge in [-0.15, -0.1) is 0 Å². The molecule has 1 aliphatic heterocycles. The van der Waals surface area contributed by atoms with Gasteiger partial charge in [0.2, 0.25) is 0 Å². The van der Waals surface area contributed by atoms with Crippen molar-refractivity contribution >= 4 is 5.78 Å². The first kappa shape index (κ1) is 6.71. The third-order valence-corrected chi connectivity index (χ3v) is 1.43. The second kappa shape index (κ2) is 2.45. The van der Waals surface area contributed by atoms with E-state index in [0.717, 1.165) is 0 Å². The molecule has 0 spiro atoms. The molecule has 0 bridgehead atoms. The number of rotatable bonds is 1. The van der Waals surface area contributed by atoms with E-state index in [4.69, 9.17) is 9.84 Å². The predicted octanol–water partition coefficient (Wildman–Crippen LogP) is -0.275. The third kappa shape index (κ3) is 1.50. The number of aliphatic hydroxyl groups is 1. The molecule has 1 aliphatic rings. The van der Waals surface area contributed by atoms with Gasteiger partial charge in [0.25, 0.3) is 0 Å². The fourth-order valence-electron chi connectivity index (χ4n) is 0.894. The van der Waals surface area contributed by atoms with Gasteiger partial charge < -0.3 is 9.84 Å². The molecule has 0 unspecified atom stereocenters. The summed E-state index contributed by atoms with van der Waals surface area (Å²) in [4.78, 5) is 10.6. The minimum absolute atomic E-state index is 0.00606. The van der Waals surface area contributed by atoms with Crippen molar-refractivity contribution in [2.45, 2.75) is 25.6 Å². The maximum absolute atomic E-state index is 10.6. The molecule has 0 amide bonds. The van der Waals surface area contributed by atoms with Crippen LogP contribution >= 0.6 is 0 Å². The summed E-state index contributed by atoms with van der Waals surface area (Å²) in [6, 6.07) is 0. The number of carbonyl (C=O) groups is 1. The molecule has 0 aromatic heterocycles. The summed E-state index contributed by atoms with van der Waals surface area (Å²) in [5.41, 5.74) is 0. The first-order chi connectivity index (χ1) is 4.20. The summed E-state index contributed by atoms with van der Waals surface area (Å²) < 4.78 is 4.93. The molecule has 0 aliphatic carbocycles. The van der Waals surface area contributed by atoms with E-state index in [1.54, 1.807) is 0 Å². The minimum atomic E-state index is -0.432. The molecule has 3 nitrogen and oxygen atoms in total. The van der Waals surface area contributed by atoms with Crippen molar-refractivity contribution in [3.8, 4) is 0 Å². The fourth-order valence-corrected chi connectivity index (χ4v) is 0.894. The SMILES string of the molecule is CC(=O)[C@@H]1C[C@H](O)CO1. The van der Waals surface area contributed by atoms with E-state index in [-0.39, 0.29) is 11.9 Å². The summed E-state index contributed by atoms with van der Waals surface area (Å²) in [6.45, 7) is 1.78. The highest BCUT2D eigenvalue weighted by atomic mass is 16.5. The van der Waals surface area contributed by atoms with Crippen LogP contribution in [0.5, 0.6) is 0 Å². The molecule has 1 rings (SSSR count). The third-order valence-electron chi connectivity index (χ3n) is 1.43. The zero-order valence-electron chi connectivity index (χ0n) is 5.33. The largest absolute Gasteiger partial charge is 0.391 e. The number of hydrogen-bond donors (Lipinski definition) is 1. The van der Waals surface area contributed by atoms with Crippen LogP contribution < -0.4 is 0 Å². The maximum Gasteiger partial charge on any atom is 0.158 e. The Kier molecular flexibility index (Phi) is 1.83. The van der Waals surface area contributed by atoms with Gasteiger partial charge in [0.05, 0.1) is 12.7 Å². The lowest BCUT2D eigenvalue weighted by molar-refractivity contribution is -0.125. The summed E-state index contributed by atoms with van der Waals surface area (Å²) in [6.07, 6.45) is -0.311. The van der Waals surface area contributed by atoms with Gasteiger partial charge in [-0.3, -0.25) is 4.79 Å². The molecule has 0 radical (unpaired) electrons. The molecule has 9 heavy (non-hydrogen) atoms. The van der Waals surface area contributed by atoms with E-state index >= 15 is 0 Å². The van der Waals surface area contributed by atoms with E-state index < -0.39 is 6.10 Å². The van der Waals surface area contributed by atoms with Crippen LogP contribution in [-0.2, 0) is 9.53 Å². The Morgan fingerprint density at radius 3 is 2.67 bits per heavy atom. The Morgan fingerprint density at radius 2 is 2.44 bits per heavy atom. The molecule has 0 saturated carbocycles. The lowest BCUT2D eigenvalue weighted by atomic mass is 10.1. The van der Waals surface area contributed by atoms with E-state index in [1.807, 2.05) is 0 Å². The highest BCUT2D eigenvalue weighted by molar-refractivity contribution is 5.80. The van der Waals surface area contributed by atoms with Crippen molar-refractivity contribution in [3.63, 3.8) is 0 Å². The summed E-state index contributed by atoms with van der Waals surface area (Å²) >= 11 is 0. The second-order valence-electron chi connectivity index (χ2n) is 2.32. The van der Waals surface area contributed by atoms with Crippen molar-refractivity contribution < 1.29 is 14.6 Å². The van der Waals surface area contributed by atoms with Crippen LogP contribution in [0.3, 0.4) is 0 Å². The molecular formula is C6H10O3. The normalized spacial score (nSPS) is 34.9. The topological polar surface area (TPSA) is 46.5 Å². The van der Waals surface area contributed by atoms with Crippen molar-refractivity contribution in [1.29, 1.82) is 0 Å². The fraction of sp³-hybridized carbons (Fsp3) is 0.833. The molecule has 1 fully saturated rings. The minimum Gasteiger partial charge on any atom is -0.391 e. The van der Waals surface area contributed by atoms with Gasteiger partial charge in [-0.05, 0) is 6.92 Å². The molecule has 1 heterocycles. The smallest absolute Gasteiger partial charge is 0.158 e. The zero-order valence-corrected chi connectivity index (χ0v) is 5.33. The number of carbonyl (C=O) groups excluding carboxylic acids is 1. The first-order valence-electron chi connectivity index (χ1n) is 3.00. The van der Waals surface area contributed by atoms with Gasteiger partial charge in [-0.1, -0.05) is 0 Å². The molecule has 0 aromatic carbocycles. The first-order valence-corrected chi connectivity index (χ1v) is 3.00. The van der Waals surface area contributed by atoms with E-state index in [1.165, 1.54) is 6.92 Å². The molecule has 52 valence electrons. The highest BCUT2D eigenvalue weighted by Crippen LogP contribution is 2.12. The highest BCUT2D eigenvalue weighted by Gasteiger charge is 2.26. The molecule has 1 N–H and O–H groups in total. The number of hydrogen-bond acceptors (Lipinski definition) is 3. The standard InChI is InChI=1S/C6H10O3/c1-4(7)6-2-5(8)3-9-6/h5-6,8H,2-3H2,1H3/t5-,6-/m0/s1. The Morgan fingerprint density at radius 1 is 1.78 bits per heavy atom. The molecular weight excluding hydrogens is 120 g/mol. The number of Topliss-reactive ketones (excluding diaryl/α,β-unsaturated/α-hetero) is 1. The Labute approximate surface area is 53.6 Å². The van der Waals surface area contributed by atoms with Crippen LogP contribution in [0.1, 0.15) is 13.3 Å². The van der Waals surface area contributed by atoms with Crippen molar-refractivity contribution in [3.05, 3.63) is 0 Å². The van der Waals surface area contributed by atoms with Gasteiger partial charge in [0.1, 0.15) is 6.10 Å². The van der Waals surface area contributed by atoms with Gasteiger partial charge in [-0.25, -0.2) is 0 Å². The molecule has 0 aromatic rings. The molecule has 3 heteroatoms. The Bertz CT molecular complexity index is 121. The second-order valence-corrected chi connectivity index (χ2v) is 2.32. The lowest BCUT2D eigenvalue weighted by Crippen LogP contribution is -2.15. The van der Waals surface area contributed by atoms with Crippen LogP contribution in [0.2, 0.25) is 0 Å². The molecule has 1 saturated heterocycles. The van der Waals surface area contributed by atoms with Crippen LogP contribution in [0, 0.1) is 0 Å². The van der Waals surface area contributed by atoms with Gasteiger partial charge in [-0.2, -0.15) is 0 Å². The van der Waals surface area contributed by atoms with Crippen LogP contribution in [0.4, 0.5) is 0 Å². The summed E-state index contributed by atoms with van der Waals surface area (Å²) in [7, 11) is 0. The lowest BCUT2D eigenvalue weighted by Gasteiger charge is -2.00. The van der Waals surface area contributed by atoms with E-state index in [2.05, 4.69) is 0 Å². The van der Waals surface area contributed by atoms with Gasteiger partial charge >= 0.3 is 0 Å². The number of ketones is 1. The van der Waals surface area contributed by atoms with E-state index in [9.17, 15) is 4.79 Å². The van der Waals surface area contributed by atoms with Crippen molar-refractivity contribution in [2.24, 2.45) is 0 Å². The van der Waals surface area contributed by atoms with Crippen molar-refractivity contribution in [2.75, 3.05) is 6.61 Å². The van der Waals surface area contributed by atoms with Gasteiger partial charge in [0.15, 0.2) is 5.78 Å². The number of ether oxygens (including phenoxy) is 1. The van der Waals surface area contributed by atoms with Crippen LogP contribution in [0.15, 0.2) is 0 Å². The predicted molar refractivity (Wildman–Crippen MR) is 31.0 cm³/mol. The van der Waals surface area contributed by atoms with Crippen LogP contribution in [0.25, 0.3) is 0 Å². The molecule has 2 atom stereocenters. The van der Waals surface area contributed by atoms with E-state index in [0.29, 0.717) is 13.0 Å². The Balaban J connectivity index is 2.39. The average Bonchev–Trinajstić information content (AvgIpc) is 2.14. The monoisotopic (exact) mass is 130 g/mol. The quantitative estimate of drug-likeness (QED) is 0.531. The zero-order chi connectivity index (χ0) is 6.85.